The SMILES string of the molecule is Cc1cccc(C)c1C(=O)Nc1cccc(C#CCO)n1. The first-order valence-electron chi connectivity index (χ1n) is 6.56. The summed E-state index contributed by atoms with van der Waals surface area (Å²) in [5, 5.41) is 11.5. The Balaban J connectivity index is 2.24. The van der Waals surface area contributed by atoms with Crippen LogP contribution in [0.1, 0.15) is 27.2 Å². The van der Waals surface area contributed by atoms with Crippen LogP contribution in [0.25, 0.3) is 0 Å². The van der Waals surface area contributed by atoms with Gasteiger partial charge in [0, 0.05) is 5.56 Å². The summed E-state index contributed by atoms with van der Waals surface area (Å²) in [5.41, 5.74) is 3.00. The van der Waals surface area contributed by atoms with Crippen LogP contribution in [0.4, 0.5) is 5.82 Å². The number of aliphatic hydroxyl groups is 1. The number of nitrogens with zero attached hydrogens (tertiary/aromatic N) is 1. The molecule has 0 aliphatic heterocycles. The summed E-state index contributed by atoms with van der Waals surface area (Å²) in [5.74, 6) is 5.48. The largest absolute Gasteiger partial charge is 0.384 e. The van der Waals surface area contributed by atoms with E-state index < -0.39 is 0 Å². The fourth-order valence-corrected chi connectivity index (χ4v) is 2.06. The van der Waals surface area contributed by atoms with Crippen molar-refractivity contribution in [2.24, 2.45) is 0 Å². The maximum absolute atomic E-state index is 12.4. The molecule has 0 bridgehead atoms. The van der Waals surface area contributed by atoms with E-state index in [1.807, 2.05) is 32.0 Å². The molecule has 0 saturated heterocycles. The first-order valence-corrected chi connectivity index (χ1v) is 6.56. The maximum Gasteiger partial charge on any atom is 0.257 e. The van der Waals surface area contributed by atoms with E-state index in [0.29, 0.717) is 17.1 Å². The lowest BCUT2D eigenvalue weighted by atomic mass is 10.0. The average molecular weight is 280 g/mol. The zero-order valence-corrected chi connectivity index (χ0v) is 12.0. The van der Waals surface area contributed by atoms with Crippen LogP contribution in [0, 0.1) is 25.7 Å². The highest BCUT2D eigenvalue weighted by atomic mass is 16.2. The van der Waals surface area contributed by atoms with Crippen LogP contribution in [0.15, 0.2) is 36.4 Å². The summed E-state index contributed by atoms with van der Waals surface area (Å²) in [7, 11) is 0. The summed E-state index contributed by atoms with van der Waals surface area (Å²) < 4.78 is 0. The van der Waals surface area contributed by atoms with Crippen molar-refractivity contribution in [1.29, 1.82) is 0 Å². The summed E-state index contributed by atoms with van der Waals surface area (Å²) in [6, 6.07) is 10.9. The number of hydrogen-bond donors (Lipinski definition) is 2. The average Bonchev–Trinajstić information content (AvgIpc) is 2.45. The van der Waals surface area contributed by atoms with Crippen LogP contribution < -0.4 is 5.32 Å². The van der Waals surface area contributed by atoms with Crippen molar-refractivity contribution >= 4 is 11.7 Å². The third-order valence-electron chi connectivity index (χ3n) is 2.99. The number of amides is 1. The smallest absolute Gasteiger partial charge is 0.257 e. The summed E-state index contributed by atoms with van der Waals surface area (Å²) in [6.07, 6.45) is 0. The Morgan fingerprint density at radius 1 is 1.19 bits per heavy atom. The summed E-state index contributed by atoms with van der Waals surface area (Å²) in [4.78, 5) is 16.6. The fourth-order valence-electron chi connectivity index (χ4n) is 2.06. The van der Waals surface area contributed by atoms with Crippen LogP contribution in [0.3, 0.4) is 0 Å². The Kier molecular flexibility index (Phi) is 4.70. The lowest BCUT2D eigenvalue weighted by molar-refractivity contribution is 0.102. The molecule has 2 rings (SSSR count). The van der Waals surface area contributed by atoms with Crippen molar-refractivity contribution in [1.82, 2.24) is 4.98 Å². The Morgan fingerprint density at radius 2 is 1.86 bits per heavy atom. The van der Waals surface area contributed by atoms with Gasteiger partial charge in [0.2, 0.25) is 0 Å². The molecule has 1 heterocycles. The lowest BCUT2D eigenvalue weighted by Crippen LogP contribution is -2.16. The van der Waals surface area contributed by atoms with Gasteiger partial charge >= 0.3 is 0 Å². The van der Waals surface area contributed by atoms with Crippen LogP contribution in [-0.2, 0) is 0 Å². The Morgan fingerprint density at radius 3 is 2.52 bits per heavy atom. The second kappa shape index (κ2) is 6.69. The highest BCUT2D eigenvalue weighted by molar-refractivity contribution is 6.05. The number of anilines is 1. The number of carbonyl (C=O) groups excluding carboxylic acids is 1. The number of aliphatic hydroxyl groups excluding tert-OH is 1. The highest BCUT2D eigenvalue weighted by Gasteiger charge is 2.12. The number of benzene rings is 1. The molecule has 0 aliphatic carbocycles. The molecule has 106 valence electrons. The van der Waals surface area contributed by atoms with Gasteiger partial charge in [-0.05, 0) is 43.0 Å². The molecule has 0 atom stereocenters. The van der Waals surface area contributed by atoms with Crippen molar-refractivity contribution in [3.05, 3.63) is 58.8 Å². The Hall–Kier alpha value is -2.64. The van der Waals surface area contributed by atoms with Gasteiger partial charge in [0.1, 0.15) is 18.1 Å². The number of aryl methyl sites for hydroxylation is 2. The fraction of sp³-hybridized carbons (Fsp3) is 0.176. The summed E-state index contributed by atoms with van der Waals surface area (Å²) in [6.45, 7) is 3.58. The first kappa shape index (κ1) is 14.8. The molecule has 0 aliphatic rings. The standard InChI is InChI=1S/C17H16N2O2/c1-12-6-3-7-13(2)16(12)17(21)19-15-10-4-8-14(18-15)9-5-11-20/h3-4,6-8,10,20H,11H2,1-2H3,(H,18,19,21). The molecule has 2 N–H and O–H groups in total. The molecule has 0 saturated carbocycles. The number of rotatable bonds is 2. The maximum atomic E-state index is 12.4. The zero-order valence-electron chi connectivity index (χ0n) is 12.0. The van der Waals surface area contributed by atoms with Crippen LogP contribution in [0.2, 0.25) is 0 Å². The predicted octanol–water partition coefficient (Wildman–Crippen LogP) is 2.29. The van der Waals surface area contributed by atoms with Gasteiger partial charge in [-0.3, -0.25) is 4.79 Å². The molecule has 0 spiro atoms. The molecule has 1 aromatic carbocycles. The molecular weight excluding hydrogens is 264 g/mol. The monoisotopic (exact) mass is 280 g/mol. The van der Waals surface area contributed by atoms with E-state index in [4.69, 9.17) is 5.11 Å². The minimum Gasteiger partial charge on any atom is -0.384 e. The second-order valence-electron chi connectivity index (χ2n) is 4.59. The third-order valence-corrected chi connectivity index (χ3v) is 2.99. The third kappa shape index (κ3) is 3.68. The van der Waals surface area contributed by atoms with E-state index in [1.165, 1.54) is 0 Å². The van der Waals surface area contributed by atoms with Gasteiger partial charge in [0.05, 0.1) is 0 Å². The van der Waals surface area contributed by atoms with Crippen LogP contribution >= 0.6 is 0 Å². The molecule has 0 fully saturated rings. The second-order valence-corrected chi connectivity index (χ2v) is 4.59. The van der Waals surface area contributed by atoms with Gasteiger partial charge in [-0.15, -0.1) is 0 Å². The van der Waals surface area contributed by atoms with E-state index >= 15 is 0 Å². The Labute approximate surface area is 123 Å². The number of aromatic nitrogens is 1. The van der Waals surface area contributed by atoms with Gasteiger partial charge < -0.3 is 10.4 Å². The summed E-state index contributed by atoms with van der Waals surface area (Å²) >= 11 is 0. The Bertz CT molecular complexity index is 707. The lowest BCUT2D eigenvalue weighted by Gasteiger charge is -2.10. The molecule has 1 aromatic heterocycles. The molecule has 21 heavy (non-hydrogen) atoms. The van der Waals surface area contributed by atoms with Crippen molar-refractivity contribution in [3.63, 3.8) is 0 Å². The number of hydrogen-bond acceptors (Lipinski definition) is 3. The van der Waals surface area contributed by atoms with Crippen molar-refractivity contribution in [2.45, 2.75) is 13.8 Å². The number of nitrogens with one attached hydrogen (secondary N) is 1. The molecule has 4 heteroatoms. The predicted molar refractivity (Wildman–Crippen MR) is 82.1 cm³/mol. The van der Waals surface area contributed by atoms with Gasteiger partial charge in [-0.1, -0.05) is 30.2 Å². The quantitative estimate of drug-likeness (QED) is 0.830. The van der Waals surface area contributed by atoms with Crippen molar-refractivity contribution in [3.8, 4) is 11.8 Å². The molecule has 0 unspecified atom stereocenters. The van der Waals surface area contributed by atoms with Crippen molar-refractivity contribution < 1.29 is 9.90 Å². The van der Waals surface area contributed by atoms with E-state index in [2.05, 4.69) is 22.1 Å². The number of pyridine rings is 1. The van der Waals surface area contributed by atoms with Crippen LogP contribution in [0.5, 0.6) is 0 Å². The minimum atomic E-state index is -0.222. The van der Waals surface area contributed by atoms with Gasteiger partial charge in [-0.2, -0.15) is 0 Å². The topological polar surface area (TPSA) is 62.2 Å². The molecule has 0 radical (unpaired) electrons. The van der Waals surface area contributed by atoms with Gasteiger partial charge in [-0.25, -0.2) is 4.98 Å². The molecule has 4 nitrogen and oxygen atoms in total. The first-order chi connectivity index (χ1) is 10.1. The zero-order chi connectivity index (χ0) is 15.2. The van der Waals surface area contributed by atoms with Gasteiger partial charge in [0.15, 0.2) is 0 Å². The molecular formula is C17H16N2O2. The minimum absolute atomic E-state index is 0.189. The number of carbonyl (C=O) groups is 1. The normalized spacial score (nSPS) is 9.67. The van der Waals surface area contributed by atoms with Crippen molar-refractivity contribution in [2.75, 3.05) is 11.9 Å². The van der Waals surface area contributed by atoms with E-state index in [0.717, 1.165) is 11.1 Å². The van der Waals surface area contributed by atoms with E-state index in [-0.39, 0.29) is 12.5 Å². The molecule has 2 aromatic rings. The molecule has 1 amide bonds. The van der Waals surface area contributed by atoms with E-state index in [9.17, 15) is 4.79 Å². The van der Waals surface area contributed by atoms with Gasteiger partial charge in [0.25, 0.3) is 5.91 Å². The van der Waals surface area contributed by atoms with E-state index in [1.54, 1.807) is 18.2 Å². The highest BCUT2D eigenvalue weighted by Crippen LogP contribution is 2.15. The van der Waals surface area contributed by atoms with Crippen LogP contribution in [-0.4, -0.2) is 22.6 Å².